The van der Waals surface area contributed by atoms with E-state index in [1.165, 1.54) is 5.56 Å². The largest absolute Gasteiger partial charge is 0.305 e. The molecule has 0 saturated heterocycles. The number of nitrogens with one attached hydrogen (secondary N) is 2. The van der Waals surface area contributed by atoms with Crippen LogP contribution in [0, 0.1) is 6.92 Å². The number of aromatic amines is 1. The first-order chi connectivity index (χ1) is 11.7. The SMILES string of the molecule is CCn1ncc(C(=O)Nc2cc(CCc3ccccc3)[nH]n2)c1C. The van der Waals surface area contributed by atoms with Crippen LogP contribution in [0.15, 0.2) is 42.6 Å². The molecule has 2 N–H and O–H groups in total. The van der Waals surface area contributed by atoms with Crippen LogP contribution in [0.2, 0.25) is 0 Å². The van der Waals surface area contributed by atoms with Gasteiger partial charge in [-0.15, -0.1) is 0 Å². The number of aromatic nitrogens is 4. The molecule has 124 valence electrons. The number of benzene rings is 1. The number of anilines is 1. The van der Waals surface area contributed by atoms with E-state index >= 15 is 0 Å². The number of rotatable bonds is 6. The Kier molecular flexibility index (Phi) is 4.74. The second-order valence-electron chi connectivity index (χ2n) is 5.68. The topological polar surface area (TPSA) is 75.6 Å². The van der Waals surface area contributed by atoms with Crippen molar-refractivity contribution in [3.8, 4) is 0 Å². The van der Waals surface area contributed by atoms with E-state index in [1.807, 2.05) is 38.1 Å². The van der Waals surface area contributed by atoms with Gasteiger partial charge in [0.2, 0.25) is 0 Å². The normalized spacial score (nSPS) is 10.8. The van der Waals surface area contributed by atoms with Crippen LogP contribution >= 0.6 is 0 Å². The predicted octanol–water partition coefficient (Wildman–Crippen LogP) is 2.97. The minimum Gasteiger partial charge on any atom is -0.305 e. The fourth-order valence-electron chi connectivity index (χ4n) is 2.65. The summed E-state index contributed by atoms with van der Waals surface area (Å²) in [6, 6.07) is 12.2. The Bertz CT molecular complexity index is 819. The lowest BCUT2D eigenvalue weighted by Gasteiger charge is -2.02. The zero-order valence-electron chi connectivity index (χ0n) is 13.9. The van der Waals surface area contributed by atoms with Crippen LogP contribution in [0.3, 0.4) is 0 Å². The molecule has 0 fully saturated rings. The van der Waals surface area contributed by atoms with Crippen LogP contribution in [0.4, 0.5) is 5.82 Å². The summed E-state index contributed by atoms with van der Waals surface area (Å²) in [7, 11) is 0. The monoisotopic (exact) mass is 323 g/mol. The van der Waals surface area contributed by atoms with Gasteiger partial charge in [-0.2, -0.15) is 10.2 Å². The van der Waals surface area contributed by atoms with E-state index < -0.39 is 0 Å². The van der Waals surface area contributed by atoms with Gasteiger partial charge in [0.05, 0.1) is 11.8 Å². The number of carbonyl (C=O) groups is 1. The summed E-state index contributed by atoms with van der Waals surface area (Å²) in [5, 5.41) is 14.2. The van der Waals surface area contributed by atoms with Crippen molar-refractivity contribution in [2.24, 2.45) is 0 Å². The molecule has 0 saturated carbocycles. The molecule has 2 heterocycles. The number of hydrogen-bond acceptors (Lipinski definition) is 3. The van der Waals surface area contributed by atoms with E-state index in [4.69, 9.17) is 0 Å². The van der Waals surface area contributed by atoms with Crippen molar-refractivity contribution in [2.75, 3.05) is 5.32 Å². The van der Waals surface area contributed by atoms with E-state index in [9.17, 15) is 4.79 Å². The fourth-order valence-corrected chi connectivity index (χ4v) is 2.65. The maximum atomic E-state index is 12.3. The summed E-state index contributed by atoms with van der Waals surface area (Å²) in [4.78, 5) is 12.3. The highest BCUT2D eigenvalue weighted by Gasteiger charge is 2.15. The summed E-state index contributed by atoms with van der Waals surface area (Å²) in [6.07, 6.45) is 3.37. The molecule has 1 aromatic carbocycles. The molecule has 6 nitrogen and oxygen atoms in total. The van der Waals surface area contributed by atoms with Crippen LogP contribution in [-0.4, -0.2) is 25.9 Å². The Hall–Kier alpha value is -2.89. The third-order valence-corrected chi connectivity index (χ3v) is 4.05. The summed E-state index contributed by atoms with van der Waals surface area (Å²) in [6.45, 7) is 4.63. The van der Waals surface area contributed by atoms with Gasteiger partial charge in [-0.05, 0) is 32.3 Å². The molecule has 6 heteroatoms. The molecule has 0 spiro atoms. The zero-order valence-corrected chi connectivity index (χ0v) is 13.9. The van der Waals surface area contributed by atoms with Crippen molar-refractivity contribution in [3.63, 3.8) is 0 Å². The van der Waals surface area contributed by atoms with Crippen molar-refractivity contribution >= 4 is 11.7 Å². The second-order valence-corrected chi connectivity index (χ2v) is 5.68. The molecule has 0 atom stereocenters. The first kappa shape index (κ1) is 16.0. The molecule has 0 bridgehead atoms. The first-order valence-electron chi connectivity index (χ1n) is 8.09. The lowest BCUT2D eigenvalue weighted by Crippen LogP contribution is -2.13. The van der Waals surface area contributed by atoms with Gasteiger partial charge >= 0.3 is 0 Å². The molecule has 2 aromatic heterocycles. The highest BCUT2D eigenvalue weighted by molar-refractivity contribution is 6.04. The number of amides is 1. The quantitative estimate of drug-likeness (QED) is 0.732. The van der Waals surface area contributed by atoms with Gasteiger partial charge < -0.3 is 5.32 Å². The summed E-state index contributed by atoms with van der Waals surface area (Å²) in [5.41, 5.74) is 3.70. The van der Waals surface area contributed by atoms with Crippen LogP contribution < -0.4 is 5.32 Å². The average Bonchev–Trinajstić information content (AvgIpc) is 3.20. The van der Waals surface area contributed by atoms with Gasteiger partial charge in [0.15, 0.2) is 5.82 Å². The lowest BCUT2D eigenvalue weighted by atomic mass is 10.1. The van der Waals surface area contributed by atoms with Gasteiger partial charge in [-0.3, -0.25) is 14.6 Å². The Morgan fingerprint density at radius 1 is 1.25 bits per heavy atom. The van der Waals surface area contributed by atoms with E-state index in [0.717, 1.165) is 30.8 Å². The van der Waals surface area contributed by atoms with Gasteiger partial charge in [0.25, 0.3) is 5.91 Å². The molecule has 24 heavy (non-hydrogen) atoms. The van der Waals surface area contributed by atoms with E-state index in [2.05, 4.69) is 32.7 Å². The molecule has 3 rings (SSSR count). The Labute approximate surface area is 140 Å². The predicted molar refractivity (Wildman–Crippen MR) is 93.0 cm³/mol. The number of hydrogen-bond donors (Lipinski definition) is 2. The van der Waals surface area contributed by atoms with Crippen molar-refractivity contribution in [3.05, 3.63) is 65.1 Å². The highest BCUT2D eigenvalue weighted by atomic mass is 16.1. The molecule has 0 radical (unpaired) electrons. The standard InChI is InChI=1S/C18H21N5O/c1-3-23-13(2)16(12-19-23)18(24)20-17-11-15(21-22-17)10-9-14-7-5-4-6-8-14/h4-8,11-12H,3,9-10H2,1-2H3,(H2,20,21,22,24). The van der Waals surface area contributed by atoms with Crippen molar-refractivity contribution < 1.29 is 4.79 Å². The molecule has 3 aromatic rings. The minimum absolute atomic E-state index is 0.187. The number of H-pyrrole nitrogens is 1. The molecular formula is C18H21N5O. The van der Waals surface area contributed by atoms with Gasteiger partial charge in [-0.25, -0.2) is 0 Å². The Balaban J connectivity index is 1.61. The molecular weight excluding hydrogens is 302 g/mol. The van der Waals surface area contributed by atoms with E-state index in [-0.39, 0.29) is 5.91 Å². The zero-order chi connectivity index (χ0) is 16.9. The number of nitrogens with zero attached hydrogens (tertiary/aromatic N) is 3. The smallest absolute Gasteiger partial charge is 0.260 e. The third kappa shape index (κ3) is 3.53. The fraction of sp³-hybridized carbons (Fsp3) is 0.278. The minimum atomic E-state index is -0.187. The van der Waals surface area contributed by atoms with Crippen molar-refractivity contribution in [1.29, 1.82) is 0 Å². The van der Waals surface area contributed by atoms with Gasteiger partial charge in [0.1, 0.15) is 0 Å². The maximum absolute atomic E-state index is 12.3. The lowest BCUT2D eigenvalue weighted by molar-refractivity contribution is 0.102. The Morgan fingerprint density at radius 3 is 2.75 bits per heavy atom. The van der Waals surface area contributed by atoms with E-state index in [1.54, 1.807) is 10.9 Å². The van der Waals surface area contributed by atoms with Crippen molar-refractivity contribution in [2.45, 2.75) is 33.2 Å². The Morgan fingerprint density at radius 2 is 2.04 bits per heavy atom. The summed E-state index contributed by atoms with van der Waals surface area (Å²) in [5.74, 6) is 0.347. The molecule has 0 aliphatic heterocycles. The van der Waals surface area contributed by atoms with Gasteiger partial charge in [-0.1, -0.05) is 30.3 Å². The van der Waals surface area contributed by atoms with Crippen LogP contribution in [-0.2, 0) is 19.4 Å². The number of aryl methyl sites for hydroxylation is 3. The third-order valence-electron chi connectivity index (χ3n) is 4.05. The number of carbonyl (C=O) groups excluding carboxylic acids is 1. The van der Waals surface area contributed by atoms with Crippen LogP contribution in [0.25, 0.3) is 0 Å². The molecule has 1 amide bonds. The van der Waals surface area contributed by atoms with E-state index in [0.29, 0.717) is 11.4 Å². The van der Waals surface area contributed by atoms with Crippen molar-refractivity contribution in [1.82, 2.24) is 20.0 Å². The van der Waals surface area contributed by atoms with Crippen LogP contribution in [0.1, 0.15) is 34.2 Å². The second kappa shape index (κ2) is 7.12. The maximum Gasteiger partial charge on any atom is 0.260 e. The van der Waals surface area contributed by atoms with Gasteiger partial charge in [0, 0.05) is 24.0 Å². The first-order valence-corrected chi connectivity index (χ1v) is 8.09. The average molecular weight is 323 g/mol. The summed E-state index contributed by atoms with van der Waals surface area (Å²) < 4.78 is 1.80. The molecule has 0 aliphatic rings. The highest BCUT2D eigenvalue weighted by Crippen LogP contribution is 2.13. The van der Waals surface area contributed by atoms with Crippen LogP contribution in [0.5, 0.6) is 0 Å². The summed E-state index contributed by atoms with van der Waals surface area (Å²) >= 11 is 0. The molecule has 0 aliphatic carbocycles. The molecule has 0 unspecified atom stereocenters.